The Bertz CT molecular complexity index is 317. The summed E-state index contributed by atoms with van der Waals surface area (Å²) in [5.41, 5.74) is 2.17. The molecule has 0 spiro atoms. The second-order valence-electron chi connectivity index (χ2n) is 4.02. The van der Waals surface area contributed by atoms with Crippen molar-refractivity contribution in [1.82, 2.24) is 4.98 Å². The molecule has 1 heterocycles. The molecule has 2 N–H and O–H groups in total. The molecule has 17 heavy (non-hydrogen) atoms. The van der Waals surface area contributed by atoms with Crippen molar-refractivity contribution in [2.45, 2.75) is 26.7 Å². The van der Waals surface area contributed by atoms with E-state index in [0.717, 1.165) is 43.9 Å². The second-order valence-corrected chi connectivity index (χ2v) is 4.02. The van der Waals surface area contributed by atoms with Crippen LogP contribution in [-0.2, 0) is 0 Å². The van der Waals surface area contributed by atoms with Crippen molar-refractivity contribution < 1.29 is 5.11 Å². The number of rotatable bonds is 8. The quantitative estimate of drug-likeness (QED) is 0.727. The van der Waals surface area contributed by atoms with Crippen molar-refractivity contribution in [3.8, 4) is 0 Å². The van der Waals surface area contributed by atoms with Gasteiger partial charge in [0.25, 0.3) is 0 Å². The van der Waals surface area contributed by atoms with Crippen LogP contribution in [0.5, 0.6) is 0 Å². The normalized spacial score (nSPS) is 10.3. The molecule has 0 aromatic carbocycles. The highest BCUT2D eigenvalue weighted by Crippen LogP contribution is 2.17. The molecule has 0 aliphatic rings. The van der Waals surface area contributed by atoms with Gasteiger partial charge in [0.15, 0.2) is 0 Å². The lowest BCUT2D eigenvalue weighted by Gasteiger charge is -2.22. The number of aliphatic hydroxyl groups excluding tert-OH is 1. The van der Waals surface area contributed by atoms with E-state index in [1.54, 1.807) is 0 Å². The molecule has 1 rings (SSSR count). The molecule has 4 heteroatoms. The SMILES string of the molecule is CCCNc1cncc(N(CC)CCCO)c1. The largest absolute Gasteiger partial charge is 0.396 e. The van der Waals surface area contributed by atoms with E-state index in [1.807, 2.05) is 12.4 Å². The minimum absolute atomic E-state index is 0.234. The van der Waals surface area contributed by atoms with Gasteiger partial charge in [-0.3, -0.25) is 4.98 Å². The summed E-state index contributed by atoms with van der Waals surface area (Å²) in [5, 5.41) is 12.2. The molecule has 0 atom stereocenters. The Balaban J connectivity index is 2.66. The number of nitrogens with one attached hydrogen (secondary N) is 1. The highest BCUT2D eigenvalue weighted by atomic mass is 16.3. The molecule has 0 amide bonds. The van der Waals surface area contributed by atoms with Crippen LogP contribution >= 0.6 is 0 Å². The summed E-state index contributed by atoms with van der Waals surface area (Å²) in [4.78, 5) is 6.47. The molecule has 0 aliphatic carbocycles. The van der Waals surface area contributed by atoms with Crippen LogP contribution in [0.1, 0.15) is 26.7 Å². The lowest BCUT2D eigenvalue weighted by atomic mass is 10.3. The minimum Gasteiger partial charge on any atom is -0.396 e. The summed E-state index contributed by atoms with van der Waals surface area (Å²) in [7, 11) is 0. The molecule has 0 bridgehead atoms. The summed E-state index contributed by atoms with van der Waals surface area (Å²) in [6.07, 6.45) is 5.61. The van der Waals surface area contributed by atoms with E-state index in [2.05, 4.69) is 35.1 Å². The van der Waals surface area contributed by atoms with Gasteiger partial charge in [-0.15, -0.1) is 0 Å². The third-order valence-electron chi connectivity index (χ3n) is 2.64. The van der Waals surface area contributed by atoms with Crippen molar-refractivity contribution in [1.29, 1.82) is 0 Å². The molecular formula is C13H23N3O. The smallest absolute Gasteiger partial charge is 0.0573 e. The van der Waals surface area contributed by atoms with Crippen LogP contribution in [0.3, 0.4) is 0 Å². The maximum atomic E-state index is 8.87. The Labute approximate surface area is 104 Å². The highest BCUT2D eigenvalue weighted by Gasteiger charge is 2.04. The molecular weight excluding hydrogens is 214 g/mol. The van der Waals surface area contributed by atoms with Crippen LogP contribution in [-0.4, -0.2) is 36.3 Å². The fourth-order valence-corrected chi connectivity index (χ4v) is 1.70. The molecule has 96 valence electrons. The number of hydrogen-bond acceptors (Lipinski definition) is 4. The van der Waals surface area contributed by atoms with E-state index in [4.69, 9.17) is 5.11 Å². The summed E-state index contributed by atoms with van der Waals surface area (Å²) >= 11 is 0. The highest BCUT2D eigenvalue weighted by molar-refractivity contribution is 5.55. The predicted octanol–water partition coefficient (Wildman–Crippen LogP) is 2.11. The van der Waals surface area contributed by atoms with Gasteiger partial charge in [0.2, 0.25) is 0 Å². The predicted molar refractivity (Wildman–Crippen MR) is 72.6 cm³/mol. The fraction of sp³-hybridized carbons (Fsp3) is 0.615. The summed E-state index contributed by atoms with van der Waals surface area (Å²) < 4.78 is 0. The van der Waals surface area contributed by atoms with Gasteiger partial charge >= 0.3 is 0 Å². The number of anilines is 2. The summed E-state index contributed by atoms with van der Waals surface area (Å²) in [6, 6.07) is 2.11. The van der Waals surface area contributed by atoms with Crippen LogP contribution in [0, 0.1) is 0 Å². The first-order valence-corrected chi connectivity index (χ1v) is 6.36. The van der Waals surface area contributed by atoms with Gasteiger partial charge in [-0.2, -0.15) is 0 Å². The zero-order chi connectivity index (χ0) is 12.5. The minimum atomic E-state index is 0.234. The van der Waals surface area contributed by atoms with Crippen molar-refractivity contribution in [3.05, 3.63) is 18.5 Å². The molecule has 0 saturated carbocycles. The second kappa shape index (κ2) is 7.90. The third kappa shape index (κ3) is 4.61. The van der Waals surface area contributed by atoms with E-state index in [9.17, 15) is 0 Å². The summed E-state index contributed by atoms with van der Waals surface area (Å²) in [5.74, 6) is 0. The van der Waals surface area contributed by atoms with Gasteiger partial charge in [0.1, 0.15) is 0 Å². The number of hydrogen-bond donors (Lipinski definition) is 2. The summed E-state index contributed by atoms with van der Waals surface area (Å²) in [6.45, 7) is 7.25. The number of aromatic nitrogens is 1. The van der Waals surface area contributed by atoms with Gasteiger partial charge in [-0.05, 0) is 25.8 Å². The van der Waals surface area contributed by atoms with E-state index in [-0.39, 0.29) is 6.61 Å². The zero-order valence-electron chi connectivity index (χ0n) is 10.8. The van der Waals surface area contributed by atoms with Crippen LogP contribution in [0.15, 0.2) is 18.5 Å². The van der Waals surface area contributed by atoms with Crippen molar-refractivity contribution in [2.75, 3.05) is 36.5 Å². The Hall–Kier alpha value is -1.29. The lowest BCUT2D eigenvalue weighted by Crippen LogP contribution is -2.24. The Morgan fingerprint density at radius 1 is 1.35 bits per heavy atom. The standard InChI is InChI=1S/C13H23N3O/c1-3-6-15-12-9-13(11-14-10-12)16(4-2)7-5-8-17/h9-11,15,17H,3-8H2,1-2H3. The first-order chi connectivity index (χ1) is 8.31. The number of aliphatic hydroxyl groups is 1. The van der Waals surface area contributed by atoms with E-state index in [0.29, 0.717) is 0 Å². The van der Waals surface area contributed by atoms with Crippen molar-refractivity contribution >= 4 is 11.4 Å². The van der Waals surface area contributed by atoms with Crippen LogP contribution < -0.4 is 10.2 Å². The lowest BCUT2D eigenvalue weighted by molar-refractivity contribution is 0.289. The zero-order valence-corrected chi connectivity index (χ0v) is 10.8. The van der Waals surface area contributed by atoms with Crippen LogP contribution in [0.4, 0.5) is 11.4 Å². The molecule has 0 fully saturated rings. The van der Waals surface area contributed by atoms with E-state index < -0.39 is 0 Å². The van der Waals surface area contributed by atoms with Crippen LogP contribution in [0.2, 0.25) is 0 Å². The molecule has 0 aliphatic heterocycles. The molecule has 1 aromatic rings. The van der Waals surface area contributed by atoms with Gasteiger partial charge in [0.05, 0.1) is 23.8 Å². The van der Waals surface area contributed by atoms with Gasteiger partial charge < -0.3 is 15.3 Å². The molecule has 0 saturated heterocycles. The molecule has 4 nitrogen and oxygen atoms in total. The maximum absolute atomic E-state index is 8.87. The third-order valence-corrected chi connectivity index (χ3v) is 2.64. The Morgan fingerprint density at radius 3 is 2.82 bits per heavy atom. The molecule has 1 aromatic heterocycles. The van der Waals surface area contributed by atoms with Crippen LogP contribution in [0.25, 0.3) is 0 Å². The van der Waals surface area contributed by atoms with E-state index >= 15 is 0 Å². The maximum Gasteiger partial charge on any atom is 0.0573 e. The monoisotopic (exact) mass is 237 g/mol. The topological polar surface area (TPSA) is 48.4 Å². The Morgan fingerprint density at radius 2 is 2.18 bits per heavy atom. The van der Waals surface area contributed by atoms with Gasteiger partial charge in [-0.25, -0.2) is 0 Å². The number of nitrogens with zero attached hydrogens (tertiary/aromatic N) is 2. The number of pyridine rings is 1. The van der Waals surface area contributed by atoms with Gasteiger partial charge in [-0.1, -0.05) is 6.92 Å². The molecule has 0 radical (unpaired) electrons. The first-order valence-electron chi connectivity index (χ1n) is 6.36. The fourth-order valence-electron chi connectivity index (χ4n) is 1.70. The average Bonchev–Trinajstić information content (AvgIpc) is 2.38. The van der Waals surface area contributed by atoms with Crippen molar-refractivity contribution in [2.24, 2.45) is 0 Å². The van der Waals surface area contributed by atoms with Gasteiger partial charge in [0, 0.05) is 26.2 Å². The first kappa shape index (κ1) is 13.8. The average molecular weight is 237 g/mol. The van der Waals surface area contributed by atoms with E-state index in [1.165, 1.54) is 0 Å². The Kier molecular flexibility index (Phi) is 6.40. The molecule has 0 unspecified atom stereocenters. The van der Waals surface area contributed by atoms with Crippen molar-refractivity contribution in [3.63, 3.8) is 0 Å².